The molecule has 0 amide bonds. The minimum absolute atomic E-state index is 0.209. The quantitative estimate of drug-likeness (QED) is 0.839. The molecule has 0 radical (unpaired) electrons. The molecular weight excluding hydrogens is 246 g/mol. The molecule has 19 heavy (non-hydrogen) atoms. The zero-order valence-electron chi connectivity index (χ0n) is 10.2. The summed E-state index contributed by atoms with van der Waals surface area (Å²) >= 11 is 0. The van der Waals surface area contributed by atoms with E-state index in [9.17, 15) is 0 Å². The van der Waals surface area contributed by atoms with Gasteiger partial charge in [0.15, 0.2) is 11.5 Å². The van der Waals surface area contributed by atoms with Crippen LogP contribution in [0.15, 0.2) is 24.5 Å². The molecule has 1 aliphatic rings. The smallest absolute Gasteiger partial charge is 0.231 e. The number of hydrogen-bond acceptors (Lipinski definition) is 7. The van der Waals surface area contributed by atoms with Crippen LogP contribution in [0.1, 0.15) is 5.56 Å². The van der Waals surface area contributed by atoms with Gasteiger partial charge in [-0.15, -0.1) is 0 Å². The van der Waals surface area contributed by atoms with Gasteiger partial charge in [0.1, 0.15) is 6.33 Å². The maximum atomic E-state index is 5.47. The van der Waals surface area contributed by atoms with Crippen LogP contribution >= 0.6 is 0 Å². The summed E-state index contributed by atoms with van der Waals surface area (Å²) in [6, 6.07) is 5.90. The summed E-state index contributed by atoms with van der Waals surface area (Å²) in [5.74, 6) is 2.28. The lowest BCUT2D eigenvalue weighted by Gasteiger charge is -2.05. The van der Waals surface area contributed by atoms with E-state index in [1.807, 2.05) is 18.2 Å². The first-order valence-corrected chi connectivity index (χ1v) is 5.88. The van der Waals surface area contributed by atoms with E-state index in [1.165, 1.54) is 6.33 Å². The second-order valence-electron chi connectivity index (χ2n) is 4.03. The van der Waals surface area contributed by atoms with Crippen molar-refractivity contribution in [1.82, 2.24) is 15.0 Å². The molecular formula is C12H13N5O2. The fourth-order valence-corrected chi connectivity index (χ4v) is 1.81. The fourth-order valence-electron chi connectivity index (χ4n) is 1.81. The van der Waals surface area contributed by atoms with Crippen LogP contribution in [0.25, 0.3) is 0 Å². The number of nitrogens with one attached hydrogen (secondary N) is 1. The molecule has 1 aliphatic heterocycles. The highest BCUT2D eigenvalue weighted by atomic mass is 16.7. The first-order chi connectivity index (χ1) is 9.31. The number of aromatic nitrogens is 3. The summed E-state index contributed by atoms with van der Waals surface area (Å²) < 4.78 is 10.6. The minimum Gasteiger partial charge on any atom is -0.454 e. The van der Waals surface area contributed by atoms with Gasteiger partial charge in [0, 0.05) is 6.54 Å². The van der Waals surface area contributed by atoms with E-state index in [1.54, 1.807) is 0 Å². The van der Waals surface area contributed by atoms with Crippen molar-refractivity contribution in [2.24, 2.45) is 0 Å². The van der Waals surface area contributed by atoms with Crippen LogP contribution < -0.4 is 20.5 Å². The molecule has 98 valence electrons. The number of hydrogen-bond donors (Lipinski definition) is 2. The first-order valence-electron chi connectivity index (χ1n) is 5.88. The molecule has 7 nitrogen and oxygen atoms in total. The summed E-state index contributed by atoms with van der Waals surface area (Å²) in [6.45, 7) is 0.990. The molecule has 0 atom stereocenters. The molecule has 1 aromatic carbocycles. The summed E-state index contributed by atoms with van der Waals surface area (Å²) in [4.78, 5) is 11.7. The van der Waals surface area contributed by atoms with Crippen molar-refractivity contribution in [3.8, 4) is 11.5 Å². The van der Waals surface area contributed by atoms with Gasteiger partial charge in [0.05, 0.1) is 0 Å². The third-order valence-electron chi connectivity index (χ3n) is 2.72. The van der Waals surface area contributed by atoms with E-state index in [-0.39, 0.29) is 5.95 Å². The van der Waals surface area contributed by atoms with Crippen LogP contribution in [0.2, 0.25) is 0 Å². The fraction of sp³-hybridized carbons (Fsp3) is 0.250. The van der Waals surface area contributed by atoms with Gasteiger partial charge in [0.2, 0.25) is 18.7 Å². The van der Waals surface area contributed by atoms with E-state index in [0.29, 0.717) is 19.3 Å². The Bertz CT molecular complexity index is 590. The number of fused-ring (bicyclic) bond motifs is 1. The van der Waals surface area contributed by atoms with Crippen LogP contribution in [0, 0.1) is 0 Å². The maximum absolute atomic E-state index is 5.47. The lowest BCUT2D eigenvalue weighted by atomic mass is 10.1. The van der Waals surface area contributed by atoms with Crippen molar-refractivity contribution < 1.29 is 9.47 Å². The number of nitrogens with two attached hydrogens (primary N) is 1. The largest absolute Gasteiger partial charge is 0.454 e. The monoisotopic (exact) mass is 259 g/mol. The molecule has 7 heteroatoms. The predicted molar refractivity (Wildman–Crippen MR) is 69.0 cm³/mol. The lowest BCUT2D eigenvalue weighted by Crippen LogP contribution is -2.09. The molecule has 0 saturated carbocycles. The third-order valence-corrected chi connectivity index (χ3v) is 2.72. The molecule has 2 aromatic rings. The van der Waals surface area contributed by atoms with E-state index in [0.717, 1.165) is 23.5 Å². The second kappa shape index (κ2) is 4.97. The molecule has 3 N–H and O–H groups in total. The van der Waals surface area contributed by atoms with E-state index < -0.39 is 0 Å². The highest BCUT2D eigenvalue weighted by Gasteiger charge is 2.12. The van der Waals surface area contributed by atoms with Gasteiger partial charge in [-0.1, -0.05) is 6.07 Å². The van der Waals surface area contributed by atoms with Gasteiger partial charge in [0.25, 0.3) is 0 Å². The van der Waals surface area contributed by atoms with Gasteiger partial charge >= 0.3 is 0 Å². The van der Waals surface area contributed by atoms with Gasteiger partial charge in [-0.05, 0) is 24.1 Å². The zero-order valence-corrected chi connectivity index (χ0v) is 10.2. The van der Waals surface area contributed by atoms with Crippen LogP contribution in [-0.4, -0.2) is 28.3 Å². The Morgan fingerprint density at radius 1 is 1.21 bits per heavy atom. The molecule has 2 heterocycles. The molecule has 0 aliphatic carbocycles. The number of nitrogens with zero attached hydrogens (tertiary/aromatic N) is 3. The number of rotatable bonds is 4. The van der Waals surface area contributed by atoms with Crippen LogP contribution in [-0.2, 0) is 6.42 Å². The Labute approximate surface area is 109 Å². The maximum Gasteiger partial charge on any atom is 0.231 e. The molecule has 1 aromatic heterocycles. The van der Waals surface area contributed by atoms with Crippen LogP contribution in [0.5, 0.6) is 11.5 Å². The Kier molecular flexibility index (Phi) is 3.01. The minimum atomic E-state index is 0.209. The first kappa shape index (κ1) is 11.5. The van der Waals surface area contributed by atoms with Crippen molar-refractivity contribution in [1.29, 1.82) is 0 Å². The van der Waals surface area contributed by atoms with Crippen molar-refractivity contribution in [2.75, 3.05) is 24.4 Å². The number of benzene rings is 1. The number of anilines is 2. The van der Waals surface area contributed by atoms with Crippen molar-refractivity contribution in [3.05, 3.63) is 30.1 Å². The predicted octanol–water partition coefficient (Wildman–Crippen LogP) is 0.837. The Morgan fingerprint density at radius 3 is 3.00 bits per heavy atom. The molecule has 0 unspecified atom stereocenters. The summed E-state index contributed by atoms with van der Waals surface area (Å²) in [7, 11) is 0. The average molecular weight is 259 g/mol. The second-order valence-corrected chi connectivity index (χ2v) is 4.03. The van der Waals surface area contributed by atoms with E-state index in [4.69, 9.17) is 15.2 Å². The van der Waals surface area contributed by atoms with E-state index in [2.05, 4.69) is 20.3 Å². The summed E-state index contributed by atoms with van der Waals surface area (Å²) in [6.07, 6.45) is 2.20. The summed E-state index contributed by atoms with van der Waals surface area (Å²) in [5.41, 5.74) is 6.62. The SMILES string of the molecule is Nc1ncnc(NCCc2ccc3c(c2)OCO3)n1. The number of nitrogen functional groups attached to an aromatic ring is 1. The third kappa shape index (κ3) is 2.65. The van der Waals surface area contributed by atoms with Gasteiger partial charge in [-0.2, -0.15) is 4.98 Å². The van der Waals surface area contributed by atoms with Gasteiger partial charge < -0.3 is 20.5 Å². The Hall–Kier alpha value is -2.57. The van der Waals surface area contributed by atoms with Crippen molar-refractivity contribution in [2.45, 2.75) is 6.42 Å². The Balaban J connectivity index is 1.58. The van der Waals surface area contributed by atoms with Crippen molar-refractivity contribution in [3.63, 3.8) is 0 Å². The average Bonchev–Trinajstić information content (AvgIpc) is 2.86. The van der Waals surface area contributed by atoms with Crippen LogP contribution in [0.4, 0.5) is 11.9 Å². The van der Waals surface area contributed by atoms with Gasteiger partial charge in [-0.3, -0.25) is 0 Å². The standard InChI is InChI=1S/C12H13N5O2/c13-11-15-6-16-12(17-11)14-4-3-8-1-2-9-10(5-8)19-7-18-9/h1-2,5-6H,3-4,7H2,(H3,13,14,15,16,17). The lowest BCUT2D eigenvalue weighted by molar-refractivity contribution is 0.174. The molecule has 0 saturated heterocycles. The Morgan fingerprint density at radius 2 is 2.11 bits per heavy atom. The molecule has 0 spiro atoms. The topological polar surface area (TPSA) is 95.2 Å². The van der Waals surface area contributed by atoms with Gasteiger partial charge in [-0.25, -0.2) is 9.97 Å². The van der Waals surface area contributed by atoms with Crippen molar-refractivity contribution >= 4 is 11.9 Å². The van der Waals surface area contributed by atoms with Crippen LogP contribution in [0.3, 0.4) is 0 Å². The molecule has 0 fully saturated rings. The molecule has 3 rings (SSSR count). The molecule has 0 bridgehead atoms. The highest BCUT2D eigenvalue weighted by molar-refractivity contribution is 5.44. The summed E-state index contributed by atoms with van der Waals surface area (Å²) in [5, 5.41) is 3.09. The number of ether oxygens (including phenoxy) is 2. The van der Waals surface area contributed by atoms with E-state index >= 15 is 0 Å². The zero-order chi connectivity index (χ0) is 13.1. The normalized spacial score (nSPS) is 12.4. The highest BCUT2D eigenvalue weighted by Crippen LogP contribution is 2.32.